The highest BCUT2D eigenvalue weighted by Gasteiger charge is 2.58. The van der Waals surface area contributed by atoms with E-state index in [2.05, 4.69) is 13.2 Å². The lowest BCUT2D eigenvalue weighted by Gasteiger charge is -2.35. The minimum atomic E-state index is -2.13. The summed E-state index contributed by atoms with van der Waals surface area (Å²) in [5.74, 6) is -1.45. The first-order valence-electron chi connectivity index (χ1n) is 17.0. The van der Waals surface area contributed by atoms with Crippen LogP contribution in [0.1, 0.15) is 40.0 Å². The number of carbonyl (C=O) groups is 4. The first-order valence-corrected chi connectivity index (χ1v) is 17.0. The molecule has 300 valence electrons. The summed E-state index contributed by atoms with van der Waals surface area (Å²) in [4.78, 5) is 49.8. The smallest absolute Gasteiger partial charge is 0.236 e. The molecule has 3 fully saturated rings. The van der Waals surface area contributed by atoms with Gasteiger partial charge in [0.05, 0.1) is 39.1 Å². The molecular formula is C35H48FN3O15. The average Bonchev–Trinajstić information content (AvgIpc) is 3.58. The fourth-order valence-electron chi connectivity index (χ4n) is 6.54. The molecule has 3 saturated heterocycles. The lowest BCUT2D eigenvalue weighted by Crippen LogP contribution is -2.54. The third kappa shape index (κ3) is 8.41. The molecule has 6 rings (SSSR count). The number of hydrogen-bond donors (Lipinski definition) is 8. The number of ketones is 1. The second-order valence-electron chi connectivity index (χ2n) is 14.2. The van der Waals surface area contributed by atoms with E-state index in [4.69, 9.17) is 29.5 Å². The number of allylic oxidation sites excluding steroid dienone is 3. The minimum Gasteiger partial charge on any atom is -0.394 e. The van der Waals surface area contributed by atoms with E-state index in [1.807, 2.05) is 0 Å². The van der Waals surface area contributed by atoms with Gasteiger partial charge in [0.2, 0.25) is 17.7 Å². The van der Waals surface area contributed by atoms with E-state index >= 15 is 0 Å². The van der Waals surface area contributed by atoms with Crippen molar-refractivity contribution >= 4 is 23.5 Å². The van der Waals surface area contributed by atoms with Crippen molar-refractivity contribution in [3.05, 3.63) is 61.1 Å². The fourth-order valence-corrected chi connectivity index (χ4v) is 6.54. The number of hydrogen-bond acceptors (Lipinski definition) is 15. The number of aliphatic hydroxyl groups excluding tert-OH is 6. The second-order valence-corrected chi connectivity index (χ2v) is 14.2. The molecule has 0 aromatic carbocycles. The Morgan fingerprint density at radius 1 is 0.630 bits per heavy atom. The first-order chi connectivity index (χ1) is 25.1. The van der Waals surface area contributed by atoms with Gasteiger partial charge in [-0.1, -0.05) is 13.2 Å². The minimum absolute atomic E-state index is 0.0896. The molecule has 8 N–H and O–H groups in total. The highest BCUT2D eigenvalue weighted by molar-refractivity contribution is 6.06. The number of amides is 3. The van der Waals surface area contributed by atoms with Crippen molar-refractivity contribution in [2.45, 2.75) is 112 Å². The van der Waals surface area contributed by atoms with Gasteiger partial charge < -0.3 is 55.1 Å². The van der Waals surface area contributed by atoms with Gasteiger partial charge in [-0.3, -0.25) is 33.9 Å². The van der Waals surface area contributed by atoms with Crippen molar-refractivity contribution in [2.24, 2.45) is 0 Å². The predicted molar refractivity (Wildman–Crippen MR) is 181 cm³/mol. The highest BCUT2D eigenvalue weighted by atomic mass is 19.1. The molecule has 6 aliphatic heterocycles. The van der Waals surface area contributed by atoms with Crippen LogP contribution in [0.4, 0.5) is 4.39 Å². The normalized spacial score (nSPS) is 40.7. The number of carbonyl (C=O) groups excluding carboxylic acids is 4. The van der Waals surface area contributed by atoms with Gasteiger partial charge in [-0.2, -0.15) is 0 Å². The van der Waals surface area contributed by atoms with Crippen LogP contribution in [0.25, 0.3) is 0 Å². The van der Waals surface area contributed by atoms with Crippen molar-refractivity contribution < 1.29 is 78.6 Å². The standard InChI is InChI=1S/C12H16FNO4.C12H17NO5.C11H15NO6/c1-7-3-4-14(9(16)5-7)11-12(2,13)10(17)8(6-15)18-11;1-7-3-4-13(9(15)5-7)11-12(2,17)10(16)8(6-14)18-11;1-11(17)9(16)7(5-13)18-10(11)12-3-2-6(14)4-8(12)15/h3-4,8,10-11,15,17H,1,5-6H2,2H3;3-4,8,10-11,14,16-17H,1,5-6H2,2H3;2-3,7,9-10,13,16-17H,4-5H2,1H3/t2*8-,10-,11-,12-;7-,9-,10-,11+/m111/s1. The SMILES string of the molecule is C=C1C=CN([C@@H]2O[C@H](CO)[C@@H](O)[C@@]2(C)F)C(=O)C1.C=C1C=CN([C@@H]2O[C@H](CO)[C@@H](O)[C@@]2(C)O)C(=O)C1.C[C@]1(O)[C@H](O)[C@@H](CO)O[C@H]1N1C=CC(=O)CC1=O. The van der Waals surface area contributed by atoms with E-state index in [9.17, 15) is 49.1 Å². The molecule has 0 aromatic heterocycles. The fraction of sp³-hybridized carbons (Fsp3) is 0.600. The summed E-state index contributed by atoms with van der Waals surface area (Å²) in [6.45, 7) is 9.78. The third-order valence-corrected chi connectivity index (χ3v) is 9.83. The van der Waals surface area contributed by atoms with Gasteiger partial charge in [0.15, 0.2) is 30.1 Å². The van der Waals surface area contributed by atoms with Crippen LogP contribution < -0.4 is 0 Å². The maximum absolute atomic E-state index is 14.4. The van der Waals surface area contributed by atoms with Crippen molar-refractivity contribution in [2.75, 3.05) is 19.8 Å². The summed E-state index contributed by atoms with van der Waals surface area (Å²) in [5, 5.41) is 76.8. The number of nitrogens with zero attached hydrogens (tertiary/aromatic N) is 3. The molecule has 0 spiro atoms. The number of alkyl halides is 1. The number of rotatable bonds is 6. The Morgan fingerprint density at radius 3 is 1.30 bits per heavy atom. The quantitative estimate of drug-likeness (QED) is 0.128. The van der Waals surface area contributed by atoms with Crippen molar-refractivity contribution in [3.63, 3.8) is 0 Å². The van der Waals surface area contributed by atoms with Crippen LogP contribution in [0.2, 0.25) is 0 Å². The zero-order valence-corrected chi connectivity index (χ0v) is 30.0. The van der Waals surface area contributed by atoms with Crippen LogP contribution in [0, 0.1) is 0 Å². The summed E-state index contributed by atoms with van der Waals surface area (Å²) >= 11 is 0. The predicted octanol–water partition coefficient (Wildman–Crippen LogP) is -2.66. The van der Waals surface area contributed by atoms with Crippen LogP contribution in [-0.2, 0) is 33.4 Å². The molecular weight excluding hydrogens is 721 g/mol. The van der Waals surface area contributed by atoms with E-state index in [0.29, 0.717) is 11.1 Å². The van der Waals surface area contributed by atoms with Gasteiger partial charge >= 0.3 is 0 Å². The Hall–Kier alpha value is -3.73. The van der Waals surface area contributed by atoms with E-state index in [0.717, 1.165) is 16.7 Å². The molecule has 12 atom stereocenters. The molecule has 0 unspecified atom stereocenters. The molecule has 54 heavy (non-hydrogen) atoms. The molecule has 6 heterocycles. The van der Waals surface area contributed by atoms with E-state index in [1.165, 1.54) is 43.4 Å². The Balaban J connectivity index is 0.000000180. The van der Waals surface area contributed by atoms with Crippen molar-refractivity contribution in [3.8, 4) is 0 Å². The van der Waals surface area contributed by atoms with Gasteiger partial charge in [-0.15, -0.1) is 0 Å². The lowest BCUT2D eigenvalue weighted by atomic mass is 9.95. The second kappa shape index (κ2) is 16.6. The first kappa shape index (κ1) is 43.0. The maximum atomic E-state index is 14.4. The van der Waals surface area contributed by atoms with E-state index in [1.54, 1.807) is 12.2 Å². The average molecular weight is 770 g/mol. The Kier molecular flexibility index (Phi) is 13.2. The summed E-state index contributed by atoms with van der Waals surface area (Å²) in [6, 6.07) is 0. The van der Waals surface area contributed by atoms with Gasteiger partial charge in [-0.05, 0) is 50.1 Å². The van der Waals surface area contributed by atoms with E-state index < -0.39 is 97.9 Å². The highest BCUT2D eigenvalue weighted by Crippen LogP contribution is 2.38. The largest absolute Gasteiger partial charge is 0.394 e. The van der Waals surface area contributed by atoms with Crippen LogP contribution in [0.5, 0.6) is 0 Å². The molecule has 19 heteroatoms. The molecule has 0 bridgehead atoms. The summed E-state index contributed by atoms with van der Waals surface area (Å²) in [6.07, 6.45) is -1.84. The molecule has 18 nitrogen and oxygen atoms in total. The van der Waals surface area contributed by atoms with Gasteiger partial charge in [0.1, 0.15) is 47.8 Å². The van der Waals surface area contributed by atoms with Crippen LogP contribution in [-0.4, -0.2) is 171 Å². The van der Waals surface area contributed by atoms with Crippen molar-refractivity contribution in [1.82, 2.24) is 14.7 Å². The van der Waals surface area contributed by atoms with E-state index in [-0.39, 0.29) is 36.9 Å². The number of halogens is 1. The van der Waals surface area contributed by atoms with Crippen LogP contribution >= 0.6 is 0 Å². The summed E-state index contributed by atoms with van der Waals surface area (Å²) in [7, 11) is 0. The van der Waals surface area contributed by atoms with Gasteiger partial charge in [0, 0.05) is 18.6 Å². The zero-order chi connectivity index (χ0) is 40.5. The lowest BCUT2D eigenvalue weighted by molar-refractivity contribution is -0.158. The molecule has 6 aliphatic rings. The topological polar surface area (TPSA) is 268 Å². The zero-order valence-electron chi connectivity index (χ0n) is 30.0. The molecule has 0 radical (unpaired) electrons. The molecule has 0 saturated carbocycles. The monoisotopic (exact) mass is 769 g/mol. The molecule has 3 amide bonds. The summed E-state index contributed by atoms with van der Waals surface area (Å²) in [5.41, 5.74) is -4.17. The Bertz CT molecular complexity index is 1400. The van der Waals surface area contributed by atoms with Crippen LogP contribution in [0.15, 0.2) is 61.1 Å². The van der Waals surface area contributed by atoms with Crippen molar-refractivity contribution in [1.29, 1.82) is 0 Å². The Labute approximate surface area is 309 Å². The number of ether oxygens (including phenoxy) is 3. The van der Waals surface area contributed by atoms with Gasteiger partial charge in [-0.25, -0.2) is 4.39 Å². The third-order valence-electron chi connectivity index (χ3n) is 9.83. The molecule has 0 aromatic rings. The Morgan fingerprint density at radius 2 is 0.963 bits per heavy atom. The maximum Gasteiger partial charge on any atom is 0.236 e. The summed E-state index contributed by atoms with van der Waals surface area (Å²) < 4.78 is 30.3. The van der Waals surface area contributed by atoms with Gasteiger partial charge in [0.25, 0.3) is 0 Å². The van der Waals surface area contributed by atoms with Crippen LogP contribution in [0.3, 0.4) is 0 Å². The molecule has 0 aliphatic carbocycles. The number of aliphatic hydroxyl groups is 8.